The maximum atomic E-state index is 12.0. The van der Waals surface area contributed by atoms with Crippen molar-refractivity contribution < 1.29 is 19.4 Å². The van der Waals surface area contributed by atoms with E-state index in [2.05, 4.69) is 0 Å². The van der Waals surface area contributed by atoms with Gasteiger partial charge in [0.2, 0.25) is 0 Å². The van der Waals surface area contributed by atoms with E-state index in [1.165, 1.54) is 0 Å². The minimum Gasteiger partial charge on any atom is -0.496 e. The molecular weight excluding hydrogens is 244 g/mol. The predicted molar refractivity (Wildman–Crippen MR) is 71.4 cm³/mol. The smallest absolute Gasteiger partial charge is 0.342 e. The number of aliphatic hydroxyl groups is 1. The summed E-state index contributed by atoms with van der Waals surface area (Å²) in [6.45, 7) is 1.77. The molecule has 4 heteroatoms. The van der Waals surface area contributed by atoms with E-state index in [4.69, 9.17) is 9.47 Å². The van der Waals surface area contributed by atoms with Gasteiger partial charge in [-0.05, 0) is 37.8 Å². The van der Waals surface area contributed by atoms with Gasteiger partial charge in [0.1, 0.15) is 17.4 Å². The number of ether oxygens (including phenoxy) is 2. The molecule has 0 aromatic heterocycles. The molecule has 4 nitrogen and oxygen atoms in total. The molecule has 1 aromatic carbocycles. The monoisotopic (exact) mass is 264 g/mol. The Morgan fingerprint density at radius 2 is 2.32 bits per heavy atom. The highest BCUT2D eigenvalue weighted by molar-refractivity contribution is 5.95. The number of fused-ring (bicyclic) bond motifs is 1. The number of aliphatic hydroxyl groups excluding tert-OH is 1. The lowest BCUT2D eigenvalue weighted by atomic mass is 9.95. The van der Waals surface area contributed by atoms with Gasteiger partial charge in [0.05, 0.1) is 13.2 Å². The summed E-state index contributed by atoms with van der Waals surface area (Å²) in [5.74, 6) is 0.269. The first kappa shape index (κ1) is 13.9. The van der Waals surface area contributed by atoms with E-state index in [9.17, 15) is 9.90 Å². The molecule has 0 amide bonds. The van der Waals surface area contributed by atoms with Crippen LogP contribution in [0.15, 0.2) is 18.2 Å². The molecule has 1 aromatic rings. The number of carbonyl (C=O) groups is 1. The molecule has 0 spiro atoms. The SMILES string of the molecule is COc1cccc2c1C(=O)OC(CCCC(C)O)C2. The maximum Gasteiger partial charge on any atom is 0.342 e. The molecule has 0 saturated heterocycles. The van der Waals surface area contributed by atoms with E-state index in [0.29, 0.717) is 11.3 Å². The van der Waals surface area contributed by atoms with Crippen LogP contribution < -0.4 is 4.74 Å². The Morgan fingerprint density at radius 1 is 1.53 bits per heavy atom. The van der Waals surface area contributed by atoms with Crippen LogP contribution in [0.2, 0.25) is 0 Å². The van der Waals surface area contributed by atoms with E-state index in [1.54, 1.807) is 20.1 Å². The number of hydrogen-bond acceptors (Lipinski definition) is 4. The summed E-state index contributed by atoms with van der Waals surface area (Å²) in [5.41, 5.74) is 1.54. The summed E-state index contributed by atoms with van der Waals surface area (Å²) in [5, 5.41) is 9.24. The van der Waals surface area contributed by atoms with Crippen molar-refractivity contribution in [3.8, 4) is 5.75 Å². The van der Waals surface area contributed by atoms with E-state index >= 15 is 0 Å². The number of carbonyl (C=O) groups excluding carboxylic acids is 1. The second-order valence-electron chi connectivity index (χ2n) is 5.01. The third-order valence-electron chi connectivity index (χ3n) is 3.41. The first-order valence-electron chi connectivity index (χ1n) is 6.66. The lowest BCUT2D eigenvalue weighted by Crippen LogP contribution is -2.28. The lowest BCUT2D eigenvalue weighted by molar-refractivity contribution is 0.0220. The van der Waals surface area contributed by atoms with Crippen LogP contribution in [0.1, 0.15) is 42.1 Å². The van der Waals surface area contributed by atoms with Gasteiger partial charge in [0, 0.05) is 6.42 Å². The van der Waals surface area contributed by atoms with Gasteiger partial charge < -0.3 is 14.6 Å². The Kier molecular flexibility index (Phi) is 4.43. The second-order valence-corrected chi connectivity index (χ2v) is 5.01. The standard InChI is InChI=1S/C15H20O4/c1-10(16)5-3-7-12-9-11-6-4-8-13(18-2)14(11)15(17)19-12/h4,6,8,10,12,16H,3,5,7,9H2,1-2H3. The van der Waals surface area contributed by atoms with Crippen LogP contribution >= 0.6 is 0 Å². The average Bonchev–Trinajstić information content (AvgIpc) is 2.37. The summed E-state index contributed by atoms with van der Waals surface area (Å²) in [7, 11) is 1.55. The van der Waals surface area contributed by atoms with Crippen LogP contribution in [0.25, 0.3) is 0 Å². The van der Waals surface area contributed by atoms with E-state index in [-0.39, 0.29) is 18.2 Å². The van der Waals surface area contributed by atoms with Crippen LogP contribution in [-0.2, 0) is 11.2 Å². The van der Waals surface area contributed by atoms with Gasteiger partial charge in [-0.2, -0.15) is 0 Å². The van der Waals surface area contributed by atoms with Crippen molar-refractivity contribution in [3.05, 3.63) is 29.3 Å². The molecule has 2 unspecified atom stereocenters. The Balaban J connectivity index is 2.06. The van der Waals surface area contributed by atoms with Crippen molar-refractivity contribution in [3.63, 3.8) is 0 Å². The summed E-state index contributed by atoms with van der Waals surface area (Å²) in [4.78, 5) is 12.0. The molecule has 19 heavy (non-hydrogen) atoms. The molecule has 2 atom stereocenters. The number of hydrogen-bond donors (Lipinski definition) is 1. The van der Waals surface area contributed by atoms with Crippen LogP contribution in [-0.4, -0.2) is 30.4 Å². The van der Waals surface area contributed by atoms with Crippen LogP contribution in [0.4, 0.5) is 0 Å². The highest BCUT2D eigenvalue weighted by Gasteiger charge is 2.28. The molecular formula is C15H20O4. The zero-order valence-corrected chi connectivity index (χ0v) is 11.4. The topological polar surface area (TPSA) is 55.8 Å². The summed E-state index contributed by atoms with van der Waals surface area (Å²) in [6.07, 6.45) is 2.71. The first-order valence-corrected chi connectivity index (χ1v) is 6.66. The largest absolute Gasteiger partial charge is 0.496 e. The van der Waals surface area contributed by atoms with Gasteiger partial charge in [-0.15, -0.1) is 0 Å². The van der Waals surface area contributed by atoms with E-state index in [1.807, 2.05) is 12.1 Å². The highest BCUT2D eigenvalue weighted by Crippen LogP contribution is 2.30. The van der Waals surface area contributed by atoms with Crippen molar-refractivity contribution in [1.29, 1.82) is 0 Å². The molecule has 0 radical (unpaired) electrons. The normalized spacial score (nSPS) is 19.5. The van der Waals surface area contributed by atoms with Crippen molar-refractivity contribution in [2.24, 2.45) is 0 Å². The molecule has 2 rings (SSSR count). The molecule has 0 fully saturated rings. The Bertz CT molecular complexity index is 453. The number of esters is 1. The number of rotatable bonds is 5. The Labute approximate surface area is 113 Å². The minimum atomic E-state index is -0.305. The van der Waals surface area contributed by atoms with Crippen LogP contribution in [0, 0.1) is 0 Å². The zero-order valence-electron chi connectivity index (χ0n) is 11.4. The molecule has 0 aliphatic carbocycles. The third kappa shape index (κ3) is 3.26. The minimum absolute atomic E-state index is 0.0918. The van der Waals surface area contributed by atoms with Crippen molar-refractivity contribution >= 4 is 5.97 Å². The Hall–Kier alpha value is -1.55. The van der Waals surface area contributed by atoms with Crippen molar-refractivity contribution in [2.45, 2.75) is 44.8 Å². The second kappa shape index (κ2) is 6.06. The molecule has 1 aliphatic rings. The first-order chi connectivity index (χ1) is 9.11. The molecule has 1 aliphatic heterocycles. The predicted octanol–water partition coefficient (Wildman–Crippen LogP) is 2.33. The quantitative estimate of drug-likeness (QED) is 0.829. The van der Waals surface area contributed by atoms with Crippen LogP contribution in [0.3, 0.4) is 0 Å². The molecule has 1 heterocycles. The van der Waals surface area contributed by atoms with Crippen molar-refractivity contribution in [2.75, 3.05) is 7.11 Å². The molecule has 0 bridgehead atoms. The van der Waals surface area contributed by atoms with E-state index in [0.717, 1.165) is 31.2 Å². The fourth-order valence-electron chi connectivity index (χ4n) is 2.45. The third-order valence-corrected chi connectivity index (χ3v) is 3.41. The average molecular weight is 264 g/mol. The summed E-state index contributed by atoms with van der Waals surface area (Å²) in [6, 6.07) is 5.61. The summed E-state index contributed by atoms with van der Waals surface area (Å²) < 4.78 is 10.6. The van der Waals surface area contributed by atoms with Crippen molar-refractivity contribution in [1.82, 2.24) is 0 Å². The van der Waals surface area contributed by atoms with Crippen LogP contribution in [0.5, 0.6) is 5.75 Å². The lowest BCUT2D eigenvalue weighted by Gasteiger charge is -2.25. The number of cyclic esters (lactones) is 1. The maximum absolute atomic E-state index is 12.0. The van der Waals surface area contributed by atoms with Gasteiger partial charge in [-0.25, -0.2) is 4.79 Å². The Morgan fingerprint density at radius 3 is 3.00 bits per heavy atom. The highest BCUT2D eigenvalue weighted by atomic mass is 16.5. The van der Waals surface area contributed by atoms with Gasteiger partial charge in [0.15, 0.2) is 0 Å². The van der Waals surface area contributed by atoms with Gasteiger partial charge in [-0.3, -0.25) is 0 Å². The van der Waals surface area contributed by atoms with Gasteiger partial charge >= 0.3 is 5.97 Å². The zero-order chi connectivity index (χ0) is 13.8. The fraction of sp³-hybridized carbons (Fsp3) is 0.533. The molecule has 0 saturated carbocycles. The number of methoxy groups -OCH3 is 1. The number of benzene rings is 1. The summed E-state index contributed by atoms with van der Waals surface area (Å²) >= 11 is 0. The van der Waals surface area contributed by atoms with E-state index < -0.39 is 0 Å². The van der Waals surface area contributed by atoms with Gasteiger partial charge in [0.25, 0.3) is 0 Å². The van der Waals surface area contributed by atoms with Gasteiger partial charge in [-0.1, -0.05) is 12.1 Å². The molecule has 1 N–H and O–H groups in total. The molecule has 104 valence electrons. The fourth-order valence-corrected chi connectivity index (χ4v) is 2.45.